The highest BCUT2D eigenvalue weighted by molar-refractivity contribution is 7.14. The van der Waals surface area contributed by atoms with Crippen LogP contribution in [0.15, 0.2) is 71.2 Å². The van der Waals surface area contributed by atoms with Crippen LogP contribution in [0, 0.1) is 64.1 Å². The first-order valence-electron chi connectivity index (χ1n) is 17.6. The van der Waals surface area contributed by atoms with E-state index in [0.717, 1.165) is 10.5 Å². The number of ketones is 4. The normalized spacial score (nSPS) is 19.4. The van der Waals surface area contributed by atoms with E-state index >= 15 is 0 Å². The lowest BCUT2D eigenvalue weighted by Crippen LogP contribution is -2.30. The zero-order valence-corrected chi connectivity index (χ0v) is 32.0. The number of nitrogens with zero attached hydrogens (tertiary/aromatic N) is 6. The molecule has 9 rings (SSSR count). The van der Waals surface area contributed by atoms with Crippen molar-refractivity contribution < 1.29 is 29.0 Å². The van der Waals surface area contributed by atoms with Crippen LogP contribution in [0.25, 0.3) is 23.3 Å². The molecule has 14 heteroatoms. The van der Waals surface area contributed by atoms with Crippen LogP contribution in [-0.2, 0) is 10.3 Å². The van der Waals surface area contributed by atoms with Crippen molar-refractivity contribution >= 4 is 69.1 Å². The zero-order valence-electron chi connectivity index (χ0n) is 30.4. The van der Waals surface area contributed by atoms with Crippen molar-refractivity contribution in [3.8, 4) is 24.3 Å². The van der Waals surface area contributed by atoms with Crippen LogP contribution >= 0.6 is 22.7 Å². The number of nitriles is 4. The number of allylic oxidation sites excluding steroid dienone is 8. The molecule has 0 saturated carbocycles. The van der Waals surface area contributed by atoms with Gasteiger partial charge in [-0.05, 0) is 69.3 Å². The molecule has 2 atom stereocenters. The third kappa shape index (κ3) is 5.28. The predicted octanol–water partition coefficient (Wildman–Crippen LogP) is 7.64. The number of aliphatic hydroxyl groups excluding tert-OH is 1. The van der Waals surface area contributed by atoms with Crippen molar-refractivity contribution in [2.45, 2.75) is 26.4 Å². The average molecular weight is 795 g/mol. The highest BCUT2D eigenvalue weighted by Gasteiger charge is 2.42. The van der Waals surface area contributed by atoms with Gasteiger partial charge >= 0.3 is 0 Å². The maximum absolute atomic E-state index is 13.4. The summed E-state index contributed by atoms with van der Waals surface area (Å²) in [4.78, 5) is 64.1. The van der Waals surface area contributed by atoms with Crippen molar-refractivity contribution in [3.63, 3.8) is 0 Å². The number of aromatic nitrogens is 2. The fourth-order valence-corrected chi connectivity index (χ4v) is 9.99. The molecule has 2 aromatic heterocycles. The molecule has 3 heterocycles. The van der Waals surface area contributed by atoms with Crippen LogP contribution in [0.1, 0.15) is 109 Å². The van der Waals surface area contributed by atoms with Gasteiger partial charge in [0.25, 0.3) is 0 Å². The molecule has 4 aliphatic carbocycles. The highest BCUT2D eigenvalue weighted by atomic mass is 32.1. The molecule has 1 N–H and O–H groups in total. The van der Waals surface area contributed by atoms with Gasteiger partial charge in [-0.2, -0.15) is 21.0 Å². The Morgan fingerprint density at radius 2 is 1.09 bits per heavy atom. The van der Waals surface area contributed by atoms with Crippen molar-refractivity contribution in [1.82, 2.24) is 9.97 Å². The van der Waals surface area contributed by atoms with Gasteiger partial charge in [0.05, 0.1) is 48.8 Å². The zero-order chi connectivity index (χ0) is 40.9. The molecular formula is C44H22N6O6S2. The molecule has 0 amide bonds. The Balaban J connectivity index is 1.02. The van der Waals surface area contributed by atoms with Crippen LogP contribution in [0.2, 0.25) is 0 Å². The summed E-state index contributed by atoms with van der Waals surface area (Å²) in [6, 6.07) is 12.7. The Labute approximate surface area is 337 Å². The molecule has 276 valence electrons. The second-order valence-corrected chi connectivity index (χ2v) is 16.5. The molecule has 0 saturated heterocycles. The van der Waals surface area contributed by atoms with Crippen LogP contribution in [0.5, 0.6) is 0 Å². The lowest BCUT2D eigenvalue weighted by Gasteiger charge is -2.37. The third-order valence-electron chi connectivity index (χ3n) is 10.6. The molecule has 0 radical (unpaired) electrons. The number of carbonyl (C=O) groups is 4. The van der Waals surface area contributed by atoms with Gasteiger partial charge < -0.3 is 9.84 Å². The quantitative estimate of drug-likeness (QED) is 0.156. The lowest BCUT2D eigenvalue weighted by atomic mass is 9.78. The maximum Gasteiger partial charge on any atom is 0.197 e. The van der Waals surface area contributed by atoms with E-state index in [9.17, 15) is 45.3 Å². The number of fused-ring (bicyclic) bond motifs is 6. The smallest absolute Gasteiger partial charge is 0.197 e. The Morgan fingerprint density at radius 1 is 0.655 bits per heavy atom. The molecule has 12 nitrogen and oxygen atoms in total. The first-order valence-corrected chi connectivity index (χ1v) is 19.2. The van der Waals surface area contributed by atoms with Gasteiger partial charge in [-0.1, -0.05) is 12.2 Å². The molecule has 0 bridgehead atoms. The molecule has 4 aromatic rings. The van der Waals surface area contributed by atoms with E-state index in [4.69, 9.17) is 9.72 Å². The van der Waals surface area contributed by atoms with Crippen molar-refractivity contribution in [3.05, 3.63) is 147 Å². The number of Topliss-reactive ketones (excluding diaryl/α,β-unsaturated/α-hetero) is 4. The Kier molecular flexibility index (Phi) is 7.90. The number of thiazole rings is 2. The average Bonchev–Trinajstić information content (AvgIpc) is 3.93. The monoisotopic (exact) mass is 794 g/mol. The summed E-state index contributed by atoms with van der Waals surface area (Å²) in [5, 5.41) is 49.9. The Bertz CT molecular complexity index is 3010. The molecule has 2 unspecified atom stereocenters. The van der Waals surface area contributed by atoms with Crippen molar-refractivity contribution in [2.75, 3.05) is 0 Å². The Morgan fingerprint density at radius 3 is 1.57 bits per heavy atom. The van der Waals surface area contributed by atoms with E-state index in [2.05, 4.69) is 4.98 Å². The summed E-state index contributed by atoms with van der Waals surface area (Å²) < 4.78 is 6.52. The van der Waals surface area contributed by atoms with Gasteiger partial charge in [-0.25, -0.2) is 9.97 Å². The minimum Gasteiger partial charge on any atom is -0.508 e. The first-order chi connectivity index (χ1) is 27.7. The van der Waals surface area contributed by atoms with Gasteiger partial charge in [-0.15, -0.1) is 22.7 Å². The van der Waals surface area contributed by atoms with E-state index in [1.54, 1.807) is 13.0 Å². The van der Waals surface area contributed by atoms with E-state index in [1.807, 2.05) is 56.4 Å². The maximum atomic E-state index is 13.4. The number of carbonyl (C=O) groups excluding carboxylic acids is 4. The fraction of sp³-hybridized carbons (Fsp3) is 0.136. The van der Waals surface area contributed by atoms with E-state index in [1.165, 1.54) is 59.1 Å². The number of rotatable bonds is 3. The molecule has 58 heavy (non-hydrogen) atoms. The van der Waals surface area contributed by atoms with Gasteiger partial charge in [0.15, 0.2) is 23.1 Å². The first kappa shape index (κ1) is 36.0. The van der Waals surface area contributed by atoms with Gasteiger partial charge in [-0.3, -0.25) is 19.2 Å². The second-order valence-electron chi connectivity index (χ2n) is 14.5. The fourth-order valence-electron chi connectivity index (χ4n) is 7.76. The summed E-state index contributed by atoms with van der Waals surface area (Å²) in [7, 11) is 0. The van der Waals surface area contributed by atoms with Crippen LogP contribution in [0.3, 0.4) is 0 Å². The second kappa shape index (κ2) is 12.7. The van der Waals surface area contributed by atoms with Crippen LogP contribution in [-0.4, -0.2) is 38.2 Å². The minimum atomic E-state index is -0.897. The summed E-state index contributed by atoms with van der Waals surface area (Å²) in [6.07, 6.45) is 10.5. The molecule has 0 fully saturated rings. The molecule has 5 aliphatic rings. The number of benzene rings is 2. The largest absolute Gasteiger partial charge is 0.508 e. The summed E-state index contributed by atoms with van der Waals surface area (Å²) >= 11 is 2.49. The predicted molar refractivity (Wildman–Crippen MR) is 210 cm³/mol. The third-order valence-corrected chi connectivity index (χ3v) is 12.7. The molecular weight excluding hydrogens is 773 g/mol. The van der Waals surface area contributed by atoms with Gasteiger partial charge in [0, 0.05) is 45.2 Å². The number of ether oxygens (including phenoxy) is 1. The van der Waals surface area contributed by atoms with Crippen LogP contribution < -0.4 is 0 Å². The summed E-state index contributed by atoms with van der Waals surface area (Å²) in [6.45, 7) is 5.50. The van der Waals surface area contributed by atoms with Crippen LogP contribution in [0.4, 0.5) is 0 Å². The number of hydrogen-bond donors (Lipinski definition) is 1. The van der Waals surface area contributed by atoms with Crippen molar-refractivity contribution in [2.24, 2.45) is 11.8 Å². The topological polar surface area (TPSA) is 219 Å². The summed E-state index contributed by atoms with van der Waals surface area (Å²) in [5.41, 5.74) is 1.61. The van der Waals surface area contributed by atoms with Gasteiger partial charge in [0.1, 0.15) is 57.1 Å². The molecule has 1 aliphatic heterocycles. The van der Waals surface area contributed by atoms with Crippen molar-refractivity contribution in [1.29, 1.82) is 21.0 Å². The minimum absolute atomic E-state index is 0.00777. The molecule has 2 aromatic carbocycles. The highest BCUT2D eigenvalue weighted by Crippen LogP contribution is 2.51. The van der Waals surface area contributed by atoms with Gasteiger partial charge in [0.2, 0.25) is 0 Å². The number of aliphatic hydroxyl groups is 1. The SMILES string of the molecule is Cc1nc(C=C2C(=O)c3cc(C#N)c(C#N)cc3C2=O)sc1C1=CC2C=C3OC(C)(C)c4nc(C=C5C(=O)c6cc(C#N)c(C#N)cc6C5=O)sc4C3=CC2C=C1O. The summed E-state index contributed by atoms with van der Waals surface area (Å²) in [5.74, 6) is -2.12. The van der Waals surface area contributed by atoms with E-state index in [0.29, 0.717) is 37.6 Å². The standard InChI is InChI=1S/C44H22N6O6S2/c1-18-41(57-35(49-18)12-31-37(52)25-6-21(14-45)22(15-46)7-26(25)38(31)53)29-4-20-11-34-30(5-19(20)10-33(29)51)42-43(44(2,3)56-34)50-36(58-42)13-32-39(54)27-8-23(16-47)24(17-48)9-28(27)40(32)55/h4-13,19-20,51H,1-3H3. The number of hydrogen-bond acceptors (Lipinski definition) is 14. The van der Waals surface area contributed by atoms with E-state index < -0.39 is 28.7 Å². The molecule has 0 spiro atoms. The Hall–Kier alpha value is -7.62. The van der Waals surface area contributed by atoms with E-state index in [-0.39, 0.29) is 73.2 Å². The lowest BCUT2D eigenvalue weighted by molar-refractivity contribution is 0.0304. The number of aryl methyl sites for hydroxylation is 1.